The van der Waals surface area contributed by atoms with Crippen molar-refractivity contribution in [2.75, 3.05) is 4.72 Å². The van der Waals surface area contributed by atoms with Crippen LogP contribution in [0.15, 0.2) is 37.1 Å². The van der Waals surface area contributed by atoms with Crippen LogP contribution in [-0.4, -0.2) is 22.7 Å². The van der Waals surface area contributed by atoms with Gasteiger partial charge in [-0.1, -0.05) is 12.1 Å². The molecule has 1 N–H and O–H groups in total. The molecule has 0 bridgehead atoms. The van der Waals surface area contributed by atoms with Crippen molar-refractivity contribution in [2.24, 2.45) is 14.1 Å². The third-order valence-electron chi connectivity index (χ3n) is 3.87. The Hall–Kier alpha value is -2.07. The van der Waals surface area contributed by atoms with Gasteiger partial charge < -0.3 is 4.52 Å². The summed E-state index contributed by atoms with van der Waals surface area (Å²) in [7, 11) is -0.678. The lowest BCUT2D eigenvalue weighted by molar-refractivity contribution is 0.422. The van der Waals surface area contributed by atoms with Crippen LogP contribution in [0, 0.1) is 0 Å². The lowest BCUT2D eigenvalue weighted by atomic mass is 10.3. The first-order valence-electron chi connectivity index (χ1n) is 7.07. The van der Waals surface area contributed by atoms with Crippen LogP contribution in [0.1, 0.15) is 12.5 Å². The molecule has 1 aromatic carbocycles. The summed E-state index contributed by atoms with van der Waals surface area (Å²) >= 11 is 3.27. The lowest BCUT2D eigenvalue weighted by Gasteiger charge is -2.09. The zero-order valence-corrected chi connectivity index (χ0v) is 15.6. The summed E-state index contributed by atoms with van der Waals surface area (Å²) < 4.78 is 35.9. The highest BCUT2D eigenvalue weighted by Crippen LogP contribution is 2.29. The molecule has 3 rings (SSSR count). The number of benzene rings is 1. The second-order valence-corrected chi connectivity index (χ2v) is 7.82. The van der Waals surface area contributed by atoms with Crippen LogP contribution in [0.25, 0.3) is 11.0 Å². The highest BCUT2D eigenvalue weighted by Gasteiger charge is 2.23. The van der Waals surface area contributed by atoms with Gasteiger partial charge in [0.15, 0.2) is 5.82 Å². The SMILES string of the molecule is CCc1conc1NS(=O)(=O)c1cc2c(cc1Br)n(C)c(=O)n2C. The third-order valence-corrected chi connectivity index (χ3v) is 6.17. The van der Waals surface area contributed by atoms with Gasteiger partial charge in [-0.05, 0) is 34.5 Å². The number of hydrogen-bond donors (Lipinski definition) is 1. The van der Waals surface area contributed by atoms with Gasteiger partial charge in [-0.25, -0.2) is 13.2 Å². The number of nitrogens with zero attached hydrogens (tertiary/aromatic N) is 3. The van der Waals surface area contributed by atoms with Gasteiger partial charge >= 0.3 is 5.69 Å². The molecule has 0 fully saturated rings. The summed E-state index contributed by atoms with van der Waals surface area (Å²) in [6, 6.07) is 3.06. The standard InChI is InChI=1S/C14H15BrN4O4S/c1-4-8-7-23-16-13(8)17-24(21,22)12-6-11-10(5-9(12)15)18(2)14(20)19(11)3/h5-7H,4H2,1-3H3,(H,16,17). The van der Waals surface area contributed by atoms with Crippen molar-refractivity contribution in [3.63, 3.8) is 0 Å². The van der Waals surface area contributed by atoms with E-state index in [4.69, 9.17) is 4.52 Å². The van der Waals surface area contributed by atoms with Crippen LogP contribution >= 0.6 is 15.9 Å². The Morgan fingerprint density at radius 3 is 2.50 bits per heavy atom. The number of halogens is 1. The first-order chi connectivity index (χ1) is 11.3. The second-order valence-electron chi connectivity index (χ2n) is 5.32. The summed E-state index contributed by atoms with van der Waals surface area (Å²) in [4.78, 5) is 12.0. The predicted molar refractivity (Wildman–Crippen MR) is 92.5 cm³/mol. The van der Waals surface area contributed by atoms with Crippen molar-refractivity contribution in [1.82, 2.24) is 14.3 Å². The average Bonchev–Trinajstić information content (AvgIpc) is 3.05. The highest BCUT2D eigenvalue weighted by atomic mass is 79.9. The molecule has 24 heavy (non-hydrogen) atoms. The molecular formula is C14H15BrN4O4S. The quantitative estimate of drug-likeness (QED) is 0.703. The van der Waals surface area contributed by atoms with Crippen molar-refractivity contribution < 1.29 is 12.9 Å². The maximum atomic E-state index is 12.7. The van der Waals surface area contributed by atoms with E-state index in [-0.39, 0.29) is 16.4 Å². The Kier molecular flexibility index (Phi) is 4.04. The minimum absolute atomic E-state index is 0.0150. The summed E-state index contributed by atoms with van der Waals surface area (Å²) in [5.74, 6) is 0.159. The monoisotopic (exact) mass is 414 g/mol. The first-order valence-corrected chi connectivity index (χ1v) is 9.35. The molecular weight excluding hydrogens is 400 g/mol. The number of rotatable bonds is 4. The summed E-state index contributed by atoms with van der Waals surface area (Å²) in [5, 5.41) is 3.69. The highest BCUT2D eigenvalue weighted by molar-refractivity contribution is 9.10. The van der Waals surface area contributed by atoms with Crippen molar-refractivity contribution in [3.8, 4) is 0 Å². The van der Waals surface area contributed by atoms with E-state index < -0.39 is 10.0 Å². The molecule has 0 amide bonds. The number of aromatic nitrogens is 3. The molecule has 0 aliphatic heterocycles. The molecule has 0 spiro atoms. The molecule has 0 aliphatic carbocycles. The summed E-state index contributed by atoms with van der Waals surface area (Å²) in [6.07, 6.45) is 1.98. The number of hydrogen-bond acceptors (Lipinski definition) is 5. The molecule has 2 heterocycles. The molecule has 0 saturated heterocycles. The molecule has 8 nitrogen and oxygen atoms in total. The van der Waals surface area contributed by atoms with Gasteiger partial charge in [0, 0.05) is 24.1 Å². The molecule has 0 aliphatic rings. The van der Waals surface area contributed by atoms with Crippen LogP contribution in [0.4, 0.5) is 5.82 Å². The smallest absolute Gasteiger partial charge is 0.328 e. The summed E-state index contributed by atoms with van der Waals surface area (Å²) in [6.45, 7) is 1.87. The molecule has 0 saturated carbocycles. The fourth-order valence-electron chi connectivity index (χ4n) is 2.48. The molecule has 2 aromatic heterocycles. The second kappa shape index (κ2) is 5.78. The van der Waals surface area contributed by atoms with Gasteiger partial charge in [-0.15, -0.1) is 0 Å². The maximum Gasteiger partial charge on any atom is 0.328 e. The number of nitrogens with one attached hydrogen (secondary N) is 1. The lowest BCUT2D eigenvalue weighted by Crippen LogP contribution is -2.19. The zero-order chi connectivity index (χ0) is 17.6. The molecule has 128 valence electrons. The van der Waals surface area contributed by atoms with Gasteiger partial charge in [0.1, 0.15) is 11.2 Å². The van der Waals surface area contributed by atoms with E-state index in [9.17, 15) is 13.2 Å². The fraction of sp³-hybridized carbons (Fsp3) is 0.286. The minimum atomic E-state index is -3.90. The van der Waals surface area contributed by atoms with E-state index in [1.165, 1.54) is 21.5 Å². The van der Waals surface area contributed by atoms with Crippen molar-refractivity contribution >= 4 is 42.8 Å². The molecule has 0 unspecified atom stereocenters. The molecule has 0 atom stereocenters. The number of anilines is 1. The van der Waals surface area contributed by atoms with Crippen LogP contribution in [0.3, 0.4) is 0 Å². The number of imidazole rings is 1. The van der Waals surface area contributed by atoms with E-state index >= 15 is 0 Å². The summed E-state index contributed by atoms with van der Waals surface area (Å²) in [5.41, 5.74) is 1.57. The Morgan fingerprint density at radius 2 is 1.88 bits per heavy atom. The van der Waals surface area contributed by atoms with Crippen LogP contribution < -0.4 is 10.4 Å². The van der Waals surface area contributed by atoms with Gasteiger partial charge in [-0.3, -0.25) is 13.9 Å². The van der Waals surface area contributed by atoms with E-state index in [2.05, 4.69) is 25.8 Å². The fourth-order valence-corrected chi connectivity index (χ4v) is 4.57. The molecule has 10 heteroatoms. The number of fused-ring (bicyclic) bond motifs is 1. The maximum absolute atomic E-state index is 12.7. The molecule has 3 aromatic rings. The van der Waals surface area contributed by atoms with Crippen LogP contribution in [-0.2, 0) is 30.5 Å². The largest absolute Gasteiger partial charge is 0.362 e. The first kappa shape index (κ1) is 16.8. The third kappa shape index (κ3) is 2.55. The van der Waals surface area contributed by atoms with E-state index in [0.717, 1.165) is 0 Å². The van der Waals surface area contributed by atoms with Crippen LogP contribution in [0.5, 0.6) is 0 Å². The van der Waals surface area contributed by atoms with E-state index in [0.29, 0.717) is 27.5 Å². The predicted octanol–water partition coefficient (Wildman–Crippen LogP) is 1.99. The van der Waals surface area contributed by atoms with Crippen molar-refractivity contribution in [2.45, 2.75) is 18.2 Å². The Bertz CT molecular complexity index is 1090. The Morgan fingerprint density at radius 1 is 1.25 bits per heavy atom. The molecule has 0 radical (unpaired) electrons. The van der Waals surface area contributed by atoms with Gasteiger partial charge in [0.2, 0.25) is 0 Å². The Labute approximate surface area is 146 Å². The Balaban J connectivity index is 2.16. The average molecular weight is 415 g/mol. The van der Waals surface area contributed by atoms with E-state index in [1.54, 1.807) is 20.2 Å². The van der Waals surface area contributed by atoms with Crippen molar-refractivity contribution in [3.05, 3.63) is 38.9 Å². The number of sulfonamides is 1. The van der Waals surface area contributed by atoms with Crippen LogP contribution in [0.2, 0.25) is 0 Å². The zero-order valence-electron chi connectivity index (χ0n) is 13.2. The van der Waals surface area contributed by atoms with E-state index in [1.807, 2.05) is 6.92 Å². The normalized spacial score (nSPS) is 12.0. The number of aryl methyl sites for hydroxylation is 3. The minimum Gasteiger partial charge on any atom is -0.362 e. The van der Waals surface area contributed by atoms with Crippen molar-refractivity contribution in [1.29, 1.82) is 0 Å². The van der Waals surface area contributed by atoms with Gasteiger partial charge in [0.25, 0.3) is 10.0 Å². The van der Waals surface area contributed by atoms with Gasteiger partial charge in [-0.2, -0.15) is 0 Å². The van der Waals surface area contributed by atoms with Gasteiger partial charge in [0.05, 0.1) is 11.0 Å². The topological polar surface area (TPSA) is 99.1 Å².